The summed E-state index contributed by atoms with van der Waals surface area (Å²) in [5, 5.41) is 54.0. The van der Waals surface area contributed by atoms with E-state index in [0.717, 1.165) is 18.9 Å². The molecule has 7 N–H and O–H groups in total. The molecule has 3 aromatic carbocycles. The molecule has 0 bridgehead atoms. The van der Waals surface area contributed by atoms with Crippen molar-refractivity contribution >= 4 is 66.1 Å². The van der Waals surface area contributed by atoms with Crippen molar-refractivity contribution in [1.82, 2.24) is 5.32 Å². The van der Waals surface area contributed by atoms with E-state index >= 15 is 0 Å². The Kier molecular flexibility index (Phi) is 19.4. The second-order valence-electron chi connectivity index (χ2n) is 16.9. The highest BCUT2D eigenvalue weighted by atomic mass is 16.6. The predicted molar refractivity (Wildman–Crippen MR) is 247 cm³/mol. The van der Waals surface area contributed by atoms with E-state index in [4.69, 9.17) is 33.5 Å². The zero-order valence-corrected chi connectivity index (χ0v) is 40.1. The van der Waals surface area contributed by atoms with Crippen molar-refractivity contribution in [3.8, 4) is 34.5 Å². The molecule has 3 aromatic rings. The first-order valence-electron chi connectivity index (χ1n) is 22.3. The number of anilines is 1. The Labute approximate surface area is 411 Å². The Morgan fingerprint density at radius 1 is 0.861 bits per heavy atom. The molecule has 5 rings (SSSR count). The molecular formula is C49H54N2O21. The summed E-state index contributed by atoms with van der Waals surface area (Å²) in [6.45, 7) is 10.5. The normalized spacial score (nSPS) is 18.3. The molecule has 2 heterocycles. The van der Waals surface area contributed by atoms with Crippen molar-refractivity contribution in [2.24, 2.45) is 11.8 Å². The lowest BCUT2D eigenvalue weighted by molar-refractivity contribution is -0.175. The van der Waals surface area contributed by atoms with Crippen LogP contribution in [0.4, 0.5) is 5.69 Å². The first-order valence-corrected chi connectivity index (χ1v) is 22.3. The number of carboxylic acids is 2. The van der Waals surface area contributed by atoms with Gasteiger partial charge in [-0.2, -0.15) is 0 Å². The van der Waals surface area contributed by atoms with E-state index in [1.54, 1.807) is 0 Å². The molecule has 72 heavy (non-hydrogen) atoms. The Balaban J connectivity index is 0.000000314. The zero-order chi connectivity index (χ0) is 53.7. The number of aryl methyl sites for hydroxylation is 1. The van der Waals surface area contributed by atoms with Gasteiger partial charge in [0.05, 0.1) is 28.3 Å². The molecule has 0 saturated carbocycles. The molecule has 1 saturated heterocycles. The van der Waals surface area contributed by atoms with Gasteiger partial charge in [0, 0.05) is 24.1 Å². The van der Waals surface area contributed by atoms with Gasteiger partial charge in [-0.25, -0.2) is 24.0 Å². The summed E-state index contributed by atoms with van der Waals surface area (Å²) < 4.78 is 32.8. The maximum absolute atomic E-state index is 13.3. The molecule has 2 amide bonds. The minimum atomic E-state index is -1.60. The number of esters is 5. The number of aldehydes is 1. The number of unbranched alkanes of at least 4 members (excludes halogenated alkanes) is 2. The molecule has 23 nitrogen and oxygen atoms in total. The number of cyclic esters (lactones) is 2. The molecule has 2 aliphatic rings. The summed E-state index contributed by atoms with van der Waals surface area (Å²) in [5.41, 5.74) is -2.02. The summed E-state index contributed by atoms with van der Waals surface area (Å²) in [5.74, 6) is -12.2. The van der Waals surface area contributed by atoms with Crippen LogP contribution in [-0.4, -0.2) is 110 Å². The fraction of sp³-hybridized carbons (Fsp3) is 0.388. The summed E-state index contributed by atoms with van der Waals surface area (Å²) >= 11 is 0. The number of para-hydroxylation sites is 1. The van der Waals surface area contributed by atoms with Crippen LogP contribution >= 0.6 is 0 Å². The number of carbonyl (C=O) groups excluding carboxylic acids is 8. The zero-order valence-electron chi connectivity index (χ0n) is 40.1. The van der Waals surface area contributed by atoms with Crippen molar-refractivity contribution in [1.29, 1.82) is 0 Å². The largest absolute Gasteiger partial charge is 0.507 e. The molecule has 5 atom stereocenters. The van der Waals surface area contributed by atoms with Crippen LogP contribution in [0.2, 0.25) is 0 Å². The van der Waals surface area contributed by atoms with Gasteiger partial charge in [-0.15, -0.1) is 0 Å². The molecule has 0 radical (unpaired) electrons. The number of aromatic carboxylic acids is 1. The van der Waals surface area contributed by atoms with Crippen LogP contribution in [0.25, 0.3) is 0 Å². The number of benzene rings is 3. The smallest absolute Gasteiger partial charge is 0.347 e. The van der Waals surface area contributed by atoms with Crippen LogP contribution in [-0.2, 0) is 54.3 Å². The maximum Gasteiger partial charge on any atom is 0.347 e. The topological polar surface area (TPSA) is 351 Å². The molecule has 23 heteroatoms. The highest BCUT2D eigenvalue weighted by Crippen LogP contribution is 2.50. The highest BCUT2D eigenvalue weighted by Gasteiger charge is 2.44. The molecule has 0 aliphatic carbocycles. The number of nitrogens with one attached hydrogen (secondary N) is 2. The molecular weight excluding hydrogens is 953 g/mol. The van der Waals surface area contributed by atoms with Crippen LogP contribution in [0.1, 0.15) is 125 Å². The minimum Gasteiger partial charge on any atom is -0.507 e. The Bertz CT molecular complexity index is 2670. The highest BCUT2D eigenvalue weighted by molar-refractivity contribution is 6.03. The number of ether oxygens (including phenoxy) is 6. The van der Waals surface area contributed by atoms with Gasteiger partial charge in [0.15, 0.2) is 41.4 Å². The number of phenols is 3. The Hall–Kier alpha value is -8.50. The minimum absolute atomic E-state index is 0.00114. The number of phenolic OH excluding ortho intramolecular Hbond substituents is 2. The Morgan fingerprint density at radius 3 is 2.15 bits per heavy atom. The van der Waals surface area contributed by atoms with Gasteiger partial charge >= 0.3 is 41.8 Å². The van der Waals surface area contributed by atoms with Gasteiger partial charge in [0.25, 0.3) is 5.91 Å². The number of carboxylic acid groups (broad SMARTS) is 2. The summed E-state index contributed by atoms with van der Waals surface area (Å²) in [7, 11) is 0. The fourth-order valence-corrected chi connectivity index (χ4v) is 7.54. The summed E-state index contributed by atoms with van der Waals surface area (Å²) in [6.07, 6.45) is 1.37. The third kappa shape index (κ3) is 13.4. The third-order valence-electron chi connectivity index (χ3n) is 11.1. The SMILES string of the molecule is CCCCCC1C(=O)OC(C)C(NC(=O)c2cccc(NC=O)c2O)C(=O)OC(C)C1OC(=O)CC(C)C.Cc1cc(O)c(C=O)c2c1C(=O)Oc1c(COC(=O)C=CC(=O)O)c(O)c(C(=O)O)c(C)c1O2. The number of aliphatic carboxylic acids is 1. The number of amides is 2. The average Bonchev–Trinajstić information content (AvgIpc) is 3.43. The van der Waals surface area contributed by atoms with Crippen LogP contribution in [0.5, 0.6) is 34.5 Å². The maximum atomic E-state index is 13.3. The summed E-state index contributed by atoms with van der Waals surface area (Å²) in [6, 6.07) is 3.84. The van der Waals surface area contributed by atoms with Crippen LogP contribution in [0.15, 0.2) is 36.4 Å². The Morgan fingerprint density at radius 2 is 1.54 bits per heavy atom. The van der Waals surface area contributed by atoms with E-state index in [0.29, 0.717) is 31.4 Å². The van der Waals surface area contributed by atoms with E-state index in [-0.39, 0.29) is 52.3 Å². The van der Waals surface area contributed by atoms with Gasteiger partial charge in [0.2, 0.25) is 6.41 Å². The van der Waals surface area contributed by atoms with Gasteiger partial charge in [-0.1, -0.05) is 46.1 Å². The van der Waals surface area contributed by atoms with E-state index < -0.39 is 130 Å². The molecule has 5 unspecified atom stereocenters. The number of fused-ring (bicyclic) bond motifs is 2. The van der Waals surface area contributed by atoms with E-state index in [1.807, 2.05) is 20.8 Å². The van der Waals surface area contributed by atoms with E-state index in [9.17, 15) is 68.4 Å². The predicted octanol–water partition coefficient (Wildman–Crippen LogP) is 5.32. The number of carbonyl (C=O) groups is 10. The lowest BCUT2D eigenvalue weighted by atomic mass is 9.92. The lowest BCUT2D eigenvalue weighted by Gasteiger charge is -2.29. The standard InChI is InChI=1S/C27H38N2O9.C22H16O12/c1-6-7-8-10-19-24(38-21(31)13-15(2)3)17(5)37-27(35)22(16(4)36-26(19)34)29-25(33)18-11-9-12-20(23(18)32)28-14-30;1-8-5-12(24)10(6-23)19-15(8)22(31)34-20-11(7-32-14(27)4-3-13(25)26)17(28)16(21(29)30)9(2)18(20)33-19/h9,11-12,14-17,19,22,24,32H,6-8,10,13H2,1-5H3,(H,28,30)(H,29,33);3-6,24,28H,7H2,1-2H3,(H,25,26)(H,29,30). The molecule has 0 aromatic heterocycles. The van der Waals surface area contributed by atoms with Crippen LogP contribution in [0.3, 0.4) is 0 Å². The summed E-state index contributed by atoms with van der Waals surface area (Å²) in [4.78, 5) is 121. The van der Waals surface area contributed by atoms with Crippen molar-refractivity contribution in [3.63, 3.8) is 0 Å². The van der Waals surface area contributed by atoms with Crippen molar-refractivity contribution in [2.75, 3.05) is 5.32 Å². The first-order chi connectivity index (χ1) is 34.0. The second kappa shape index (κ2) is 24.9. The second-order valence-corrected chi connectivity index (χ2v) is 16.9. The third-order valence-corrected chi connectivity index (χ3v) is 11.1. The quantitative estimate of drug-likeness (QED) is 0.0171. The lowest BCUT2D eigenvalue weighted by Crippen LogP contribution is -2.50. The van der Waals surface area contributed by atoms with Crippen LogP contribution in [0, 0.1) is 25.7 Å². The molecule has 0 spiro atoms. The fourth-order valence-electron chi connectivity index (χ4n) is 7.54. The number of rotatable bonds is 17. The first kappa shape index (κ1) is 56.1. The average molecular weight is 1010 g/mol. The van der Waals surface area contributed by atoms with Crippen molar-refractivity contribution in [2.45, 2.75) is 112 Å². The molecule has 386 valence electrons. The number of hydrogen-bond donors (Lipinski definition) is 7. The van der Waals surface area contributed by atoms with Crippen molar-refractivity contribution in [3.05, 3.63) is 75.4 Å². The van der Waals surface area contributed by atoms with E-state index in [1.165, 1.54) is 45.9 Å². The van der Waals surface area contributed by atoms with Gasteiger partial charge in [0.1, 0.15) is 41.4 Å². The van der Waals surface area contributed by atoms with Crippen molar-refractivity contribution < 1.29 is 102 Å². The number of hydrogen-bond acceptors (Lipinski definition) is 19. The number of aromatic hydroxyl groups is 3. The van der Waals surface area contributed by atoms with Crippen LogP contribution < -0.4 is 20.1 Å². The van der Waals surface area contributed by atoms with Gasteiger partial charge in [-0.3, -0.25) is 24.0 Å². The monoisotopic (exact) mass is 1010 g/mol. The van der Waals surface area contributed by atoms with Gasteiger partial charge < -0.3 is 64.6 Å². The molecule has 1 fully saturated rings. The molecule has 2 aliphatic heterocycles. The van der Waals surface area contributed by atoms with E-state index in [2.05, 4.69) is 10.6 Å². The van der Waals surface area contributed by atoms with Gasteiger partial charge in [-0.05, 0) is 63.8 Å².